The normalized spacial score (nSPS) is 12.6. The molecule has 1 atom stereocenters. The third-order valence-electron chi connectivity index (χ3n) is 3.49. The van der Waals surface area contributed by atoms with Crippen LogP contribution in [0.15, 0.2) is 48.5 Å². The number of carbonyl (C=O) groups excluding carboxylic acids is 1. The molecule has 3 nitrogen and oxygen atoms in total. The van der Waals surface area contributed by atoms with E-state index in [1.807, 2.05) is 24.3 Å². The summed E-state index contributed by atoms with van der Waals surface area (Å²) < 4.78 is 18.8. The first kappa shape index (κ1) is 17.0. The maximum atomic E-state index is 13.1. The molecule has 1 N–H and O–H groups in total. The van der Waals surface area contributed by atoms with Crippen molar-refractivity contribution in [3.8, 4) is 5.75 Å². The van der Waals surface area contributed by atoms with E-state index in [9.17, 15) is 9.18 Å². The summed E-state index contributed by atoms with van der Waals surface area (Å²) in [7, 11) is 0. The Morgan fingerprint density at radius 1 is 1.13 bits per heavy atom. The summed E-state index contributed by atoms with van der Waals surface area (Å²) in [4.78, 5) is 12.1. The van der Waals surface area contributed by atoms with E-state index < -0.39 is 11.9 Å². The van der Waals surface area contributed by atoms with Crippen molar-refractivity contribution < 1.29 is 13.9 Å². The number of nitrogens with one attached hydrogen (secondary N) is 1. The number of ether oxygens (including phenoxy) is 1. The van der Waals surface area contributed by atoms with Crippen LogP contribution in [-0.4, -0.2) is 12.0 Å². The molecule has 0 heterocycles. The van der Waals surface area contributed by atoms with E-state index in [1.54, 1.807) is 19.1 Å². The van der Waals surface area contributed by atoms with Gasteiger partial charge in [0.05, 0.1) is 0 Å². The molecule has 0 spiro atoms. The quantitative estimate of drug-likeness (QED) is 0.900. The van der Waals surface area contributed by atoms with Gasteiger partial charge in [0, 0.05) is 5.69 Å². The molecule has 2 rings (SSSR count). The van der Waals surface area contributed by atoms with Gasteiger partial charge in [-0.1, -0.05) is 39.0 Å². The van der Waals surface area contributed by atoms with E-state index in [4.69, 9.17) is 4.74 Å². The van der Waals surface area contributed by atoms with Crippen molar-refractivity contribution in [3.63, 3.8) is 0 Å². The fourth-order valence-corrected chi connectivity index (χ4v) is 2.10. The number of anilines is 1. The number of hydrogen-bond donors (Lipinski definition) is 1. The number of halogens is 1. The molecule has 0 aromatic heterocycles. The van der Waals surface area contributed by atoms with Crippen LogP contribution in [0, 0.1) is 5.82 Å². The summed E-state index contributed by atoms with van der Waals surface area (Å²) in [5, 5.41) is 2.63. The van der Waals surface area contributed by atoms with Gasteiger partial charge < -0.3 is 10.1 Å². The van der Waals surface area contributed by atoms with E-state index in [-0.39, 0.29) is 11.3 Å². The minimum Gasteiger partial charge on any atom is -0.481 e. The van der Waals surface area contributed by atoms with Crippen molar-refractivity contribution in [2.75, 3.05) is 5.32 Å². The number of rotatable bonds is 4. The fourth-order valence-electron chi connectivity index (χ4n) is 2.10. The van der Waals surface area contributed by atoms with Crippen molar-refractivity contribution in [1.82, 2.24) is 0 Å². The van der Waals surface area contributed by atoms with Gasteiger partial charge in [0.1, 0.15) is 11.6 Å². The Morgan fingerprint density at radius 2 is 1.78 bits per heavy atom. The minimum atomic E-state index is -0.682. The summed E-state index contributed by atoms with van der Waals surface area (Å²) in [6, 6.07) is 13.5. The van der Waals surface area contributed by atoms with Gasteiger partial charge in [-0.3, -0.25) is 4.79 Å². The number of amides is 1. The van der Waals surface area contributed by atoms with E-state index in [1.165, 1.54) is 17.7 Å². The lowest BCUT2D eigenvalue weighted by molar-refractivity contribution is -0.122. The Hall–Kier alpha value is -2.36. The van der Waals surface area contributed by atoms with Crippen molar-refractivity contribution in [1.29, 1.82) is 0 Å². The Bertz CT molecular complexity index is 675. The second kappa shape index (κ2) is 6.82. The Morgan fingerprint density at radius 3 is 2.35 bits per heavy atom. The molecule has 0 bridgehead atoms. The molecule has 0 aliphatic carbocycles. The zero-order valence-corrected chi connectivity index (χ0v) is 13.9. The van der Waals surface area contributed by atoms with Gasteiger partial charge in [0.25, 0.3) is 5.91 Å². The lowest BCUT2D eigenvalue weighted by Gasteiger charge is -2.20. The second-order valence-electron chi connectivity index (χ2n) is 6.53. The van der Waals surface area contributed by atoms with Crippen LogP contribution in [0.25, 0.3) is 0 Å². The third kappa shape index (κ3) is 4.81. The molecule has 2 aromatic carbocycles. The van der Waals surface area contributed by atoms with Crippen LogP contribution in [0.3, 0.4) is 0 Å². The predicted octanol–water partition coefficient (Wildman–Crippen LogP) is 4.53. The molecule has 0 saturated carbocycles. The van der Waals surface area contributed by atoms with E-state index in [0.717, 1.165) is 0 Å². The minimum absolute atomic E-state index is 0.0684. The summed E-state index contributed by atoms with van der Waals surface area (Å²) in [6.07, 6.45) is -0.682. The molecule has 122 valence electrons. The Kier molecular flexibility index (Phi) is 5.04. The van der Waals surface area contributed by atoms with Crippen molar-refractivity contribution in [3.05, 3.63) is 59.9 Å². The topological polar surface area (TPSA) is 38.3 Å². The zero-order chi connectivity index (χ0) is 17.0. The SMILES string of the molecule is C[C@H](Oc1ccc(C(C)(C)C)cc1)C(=O)Nc1cccc(F)c1. The average Bonchev–Trinajstić information content (AvgIpc) is 2.46. The summed E-state index contributed by atoms with van der Waals surface area (Å²) in [5.41, 5.74) is 1.68. The van der Waals surface area contributed by atoms with Crippen LogP contribution >= 0.6 is 0 Å². The summed E-state index contributed by atoms with van der Waals surface area (Å²) in [5.74, 6) is -0.0930. The van der Waals surface area contributed by atoms with E-state index in [0.29, 0.717) is 11.4 Å². The molecule has 0 aliphatic rings. The van der Waals surface area contributed by atoms with Crippen molar-refractivity contribution >= 4 is 11.6 Å². The highest BCUT2D eigenvalue weighted by Gasteiger charge is 2.17. The third-order valence-corrected chi connectivity index (χ3v) is 3.49. The maximum absolute atomic E-state index is 13.1. The predicted molar refractivity (Wildman–Crippen MR) is 90.3 cm³/mol. The molecule has 4 heteroatoms. The monoisotopic (exact) mass is 315 g/mol. The number of carbonyl (C=O) groups is 1. The molecule has 0 aliphatic heterocycles. The molecule has 2 aromatic rings. The van der Waals surface area contributed by atoms with Crippen molar-refractivity contribution in [2.24, 2.45) is 0 Å². The molecule has 0 fully saturated rings. The molecule has 0 radical (unpaired) electrons. The first-order valence-corrected chi connectivity index (χ1v) is 7.59. The summed E-state index contributed by atoms with van der Waals surface area (Å²) >= 11 is 0. The van der Waals surface area contributed by atoms with Gasteiger partial charge in [0.15, 0.2) is 6.10 Å². The van der Waals surface area contributed by atoms with E-state index >= 15 is 0 Å². The highest BCUT2D eigenvalue weighted by molar-refractivity contribution is 5.94. The van der Waals surface area contributed by atoms with Gasteiger partial charge in [-0.15, -0.1) is 0 Å². The summed E-state index contributed by atoms with van der Waals surface area (Å²) in [6.45, 7) is 8.07. The van der Waals surface area contributed by atoms with Gasteiger partial charge in [-0.25, -0.2) is 4.39 Å². The molecule has 0 saturated heterocycles. The van der Waals surface area contributed by atoms with Gasteiger partial charge >= 0.3 is 0 Å². The van der Waals surface area contributed by atoms with Crippen LogP contribution in [-0.2, 0) is 10.2 Å². The van der Waals surface area contributed by atoms with Crippen molar-refractivity contribution in [2.45, 2.75) is 39.2 Å². The Labute approximate surface area is 136 Å². The number of hydrogen-bond acceptors (Lipinski definition) is 2. The fraction of sp³-hybridized carbons (Fsp3) is 0.316. The lowest BCUT2D eigenvalue weighted by Crippen LogP contribution is -2.30. The smallest absolute Gasteiger partial charge is 0.265 e. The first-order valence-electron chi connectivity index (χ1n) is 7.59. The maximum Gasteiger partial charge on any atom is 0.265 e. The molecule has 23 heavy (non-hydrogen) atoms. The van der Waals surface area contributed by atoms with Gasteiger partial charge in [-0.2, -0.15) is 0 Å². The van der Waals surface area contributed by atoms with Crippen LogP contribution in [0.2, 0.25) is 0 Å². The highest BCUT2D eigenvalue weighted by atomic mass is 19.1. The first-order chi connectivity index (χ1) is 10.8. The highest BCUT2D eigenvalue weighted by Crippen LogP contribution is 2.24. The van der Waals surface area contributed by atoms with Crippen LogP contribution in [0.5, 0.6) is 5.75 Å². The molecular formula is C19H22FNO2. The van der Waals surface area contributed by atoms with Crippen LogP contribution in [0.4, 0.5) is 10.1 Å². The average molecular weight is 315 g/mol. The second-order valence-corrected chi connectivity index (χ2v) is 6.53. The van der Waals surface area contributed by atoms with Crippen LogP contribution in [0.1, 0.15) is 33.3 Å². The van der Waals surface area contributed by atoms with Crippen LogP contribution < -0.4 is 10.1 Å². The molecule has 0 unspecified atom stereocenters. The molecule has 1 amide bonds. The molecular weight excluding hydrogens is 293 g/mol. The van der Waals surface area contributed by atoms with Gasteiger partial charge in [-0.05, 0) is 48.2 Å². The number of benzene rings is 2. The Balaban J connectivity index is 1.98. The zero-order valence-electron chi connectivity index (χ0n) is 13.9. The van der Waals surface area contributed by atoms with Gasteiger partial charge in [0.2, 0.25) is 0 Å². The largest absolute Gasteiger partial charge is 0.481 e. The lowest BCUT2D eigenvalue weighted by atomic mass is 9.87. The standard InChI is InChI=1S/C19H22FNO2/c1-13(18(22)21-16-7-5-6-15(20)12-16)23-17-10-8-14(9-11-17)19(2,3)4/h5-13H,1-4H3,(H,21,22)/t13-/m0/s1. The van der Waals surface area contributed by atoms with E-state index in [2.05, 4.69) is 26.1 Å².